The molecule has 2 atom stereocenters. The van der Waals surface area contributed by atoms with Crippen molar-refractivity contribution in [3.63, 3.8) is 0 Å². The first-order valence-electron chi connectivity index (χ1n) is 5.66. The van der Waals surface area contributed by atoms with Crippen LogP contribution in [0, 0.1) is 0 Å². The van der Waals surface area contributed by atoms with Crippen LogP contribution >= 0.6 is 27.3 Å². The molecule has 2 unspecified atom stereocenters. The zero-order chi connectivity index (χ0) is 10.7. The molecule has 1 aliphatic rings. The molecule has 0 amide bonds. The van der Waals surface area contributed by atoms with Gasteiger partial charge in [-0.05, 0) is 55.1 Å². The fraction of sp³-hybridized carbons (Fsp3) is 0.667. The van der Waals surface area contributed by atoms with Crippen molar-refractivity contribution < 1.29 is 0 Å². The summed E-state index contributed by atoms with van der Waals surface area (Å²) in [5.74, 6) is 0. The molecule has 0 saturated carbocycles. The molecule has 1 aromatic heterocycles. The second-order valence-electron chi connectivity index (χ2n) is 4.32. The Morgan fingerprint density at radius 2 is 2.47 bits per heavy atom. The average molecular weight is 288 g/mol. The van der Waals surface area contributed by atoms with Crippen LogP contribution in [0.4, 0.5) is 0 Å². The van der Waals surface area contributed by atoms with E-state index in [1.54, 1.807) is 11.3 Å². The van der Waals surface area contributed by atoms with Crippen LogP contribution in [0.5, 0.6) is 0 Å². The second kappa shape index (κ2) is 5.46. The van der Waals surface area contributed by atoms with Crippen molar-refractivity contribution in [3.05, 3.63) is 22.4 Å². The summed E-state index contributed by atoms with van der Waals surface area (Å²) in [6.07, 6.45) is 3.87. The van der Waals surface area contributed by atoms with Crippen molar-refractivity contribution >= 4 is 27.3 Å². The van der Waals surface area contributed by atoms with Crippen LogP contribution in [-0.2, 0) is 6.42 Å². The van der Waals surface area contributed by atoms with Crippen molar-refractivity contribution in [3.8, 4) is 0 Å². The Morgan fingerprint density at radius 3 is 3.20 bits per heavy atom. The minimum absolute atomic E-state index is 0.689. The maximum atomic E-state index is 3.77. The Morgan fingerprint density at radius 1 is 1.60 bits per heavy atom. The summed E-state index contributed by atoms with van der Waals surface area (Å²) in [6.45, 7) is 4.82. The van der Waals surface area contributed by atoms with Crippen LogP contribution in [-0.4, -0.2) is 28.9 Å². The smallest absolute Gasteiger partial charge is 0.0299 e. The summed E-state index contributed by atoms with van der Waals surface area (Å²) in [4.78, 5) is 3.30. The Labute approximate surface area is 105 Å². The fourth-order valence-electron chi connectivity index (χ4n) is 2.19. The quantitative estimate of drug-likeness (QED) is 0.769. The largest absolute Gasteiger partial charge is 0.299 e. The average Bonchev–Trinajstić information content (AvgIpc) is 2.73. The molecule has 0 spiro atoms. The number of alkyl halides is 1. The van der Waals surface area contributed by atoms with Gasteiger partial charge in [-0.1, -0.05) is 15.9 Å². The Balaban J connectivity index is 1.83. The summed E-state index contributed by atoms with van der Waals surface area (Å²) >= 11 is 5.57. The predicted molar refractivity (Wildman–Crippen MR) is 71.0 cm³/mol. The molecule has 2 rings (SSSR count). The third-order valence-electron chi connectivity index (χ3n) is 3.29. The molecule has 15 heavy (non-hydrogen) atoms. The van der Waals surface area contributed by atoms with Gasteiger partial charge in [-0.2, -0.15) is 11.3 Å². The van der Waals surface area contributed by atoms with Gasteiger partial charge < -0.3 is 0 Å². The third kappa shape index (κ3) is 3.05. The van der Waals surface area contributed by atoms with Gasteiger partial charge in [0.1, 0.15) is 0 Å². The first-order valence-corrected chi connectivity index (χ1v) is 7.52. The maximum absolute atomic E-state index is 3.77. The van der Waals surface area contributed by atoms with Crippen LogP contribution in [0.15, 0.2) is 16.8 Å². The summed E-state index contributed by atoms with van der Waals surface area (Å²) in [6, 6.07) is 2.93. The van der Waals surface area contributed by atoms with Gasteiger partial charge in [0.15, 0.2) is 0 Å². The molecule has 1 saturated heterocycles. The Kier molecular flexibility index (Phi) is 4.23. The first-order chi connectivity index (χ1) is 7.27. The molecule has 2 heterocycles. The normalized spacial score (nSPS) is 28.1. The van der Waals surface area contributed by atoms with Crippen molar-refractivity contribution in [1.82, 2.24) is 4.90 Å². The molecular formula is C12H18BrNS. The van der Waals surface area contributed by atoms with Crippen LogP contribution < -0.4 is 0 Å². The number of thiophene rings is 1. The number of nitrogens with zero attached hydrogens (tertiary/aromatic N) is 1. The molecule has 1 nitrogen and oxygen atoms in total. The van der Waals surface area contributed by atoms with Crippen LogP contribution in [0.3, 0.4) is 0 Å². The highest BCUT2D eigenvalue weighted by molar-refractivity contribution is 9.09. The molecule has 1 fully saturated rings. The Bertz CT molecular complexity index is 286. The minimum atomic E-state index is 0.689. The zero-order valence-corrected chi connectivity index (χ0v) is 11.6. The summed E-state index contributed by atoms with van der Waals surface area (Å²) in [7, 11) is 0. The molecule has 0 bridgehead atoms. The second-order valence-corrected chi connectivity index (χ2v) is 6.27. The lowest BCUT2D eigenvalue weighted by Crippen LogP contribution is -2.44. The third-order valence-corrected chi connectivity index (χ3v) is 5.25. The van der Waals surface area contributed by atoms with Gasteiger partial charge in [0, 0.05) is 17.4 Å². The monoisotopic (exact) mass is 287 g/mol. The van der Waals surface area contributed by atoms with E-state index >= 15 is 0 Å². The number of likely N-dealkylation sites (tertiary alicyclic amines) is 1. The number of hydrogen-bond donors (Lipinski definition) is 0. The maximum Gasteiger partial charge on any atom is 0.0299 e. The number of rotatable bonds is 3. The van der Waals surface area contributed by atoms with Gasteiger partial charge in [0.25, 0.3) is 0 Å². The van der Waals surface area contributed by atoms with E-state index in [2.05, 4.69) is 44.6 Å². The number of hydrogen-bond acceptors (Lipinski definition) is 2. The van der Waals surface area contributed by atoms with Gasteiger partial charge in [0.05, 0.1) is 0 Å². The van der Waals surface area contributed by atoms with Gasteiger partial charge in [0.2, 0.25) is 0 Å². The van der Waals surface area contributed by atoms with E-state index in [1.807, 2.05) is 0 Å². The van der Waals surface area contributed by atoms with E-state index in [0.29, 0.717) is 10.9 Å². The van der Waals surface area contributed by atoms with E-state index in [-0.39, 0.29) is 0 Å². The Hall–Kier alpha value is 0.140. The zero-order valence-electron chi connectivity index (χ0n) is 9.16. The predicted octanol–water partition coefficient (Wildman–Crippen LogP) is 3.54. The lowest BCUT2D eigenvalue weighted by atomic mass is 10.0. The lowest BCUT2D eigenvalue weighted by molar-refractivity contribution is 0.171. The minimum Gasteiger partial charge on any atom is -0.299 e. The summed E-state index contributed by atoms with van der Waals surface area (Å²) in [5.41, 5.74) is 1.49. The van der Waals surface area contributed by atoms with Gasteiger partial charge in [-0.15, -0.1) is 0 Å². The molecule has 0 radical (unpaired) electrons. The molecular weight excluding hydrogens is 270 g/mol. The van der Waals surface area contributed by atoms with Crippen molar-refractivity contribution in [2.75, 3.05) is 13.1 Å². The molecule has 3 heteroatoms. The van der Waals surface area contributed by atoms with Crippen LogP contribution in [0.25, 0.3) is 0 Å². The highest BCUT2D eigenvalue weighted by Crippen LogP contribution is 2.23. The topological polar surface area (TPSA) is 3.24 Å². The van der Waals surface area contributed by atoms with Crippen LogP contribution in [0.2, 0.25) is 0 Å². The number of piperidine rings is 1. The summed E-state index contributed by atoms with van der Waals surface area (Å²) < 4.78 is 0. The van der Waals surface area contributed by atoms with E-state index in [1.165, 1.54) is 37.9 Å². The van der Waals surface area contributed by atoms with E-state index in [4.69, 9.17) is 0 Å². The molecule has 1 aliphatic heterocycles. The van der Waals surface area contributed by atoms with E-state index in [0.717, 1.165) is 0 Å². The van der Waals surface area contributed by atoms with Gasteiger partial charge in [-0.25, -0.2) is 0 Å². The molecule has 0 aromatic carbocycles. The van der Waals surface area contributed by atoms with Crippen LogP contribution in [0.1, 0.15) is 25.3 Å². The van der Waals surface area contributed by atoms with Crippen molar-refractivity contribution in [1.29, 1.82) is 0 Å². The van der Waals surface area contributed by atoms with E-state index in [9.17, 15) is 0 Å². The molecule has 1 aromatic rings. The molecule has 0 aliphatic carbocycles. The van der Waals surface area contributed by atoms with Crippen molar-refractivity contribution in [2.45, 2.75) is 37.1 Å². The van der Waals surface area contributed by atoms with Crippen molar-refractivity contribution in [2.24, 2.45) is 0 Å². The van der Waals surface area contributed by atoms with Gasteiger partial charge >= 0.3 is 0 Å². The highest BCUT2D eigenvalue weighted by atomic mass is 79.9. The van der Waals surface area contributed by atoms with E-state index < -0.39 is 0 Å². The number of halogens is 1. The first kappa shape index (κ1) is 11.6. The fourth-order valence-corrected chi connectivity index (χ4v) is 3.55. The lowest BCUT2D eigenvalue weighted by Gasteiger charge is -2.36. The van der Waals surface area contributed by atoms with Gasteiger partial charge in [-0.3, -0.25) is 4.90 Å². The SMILES string of the molecule is CC1C(Br)CCCN1CCc1ccsc1. The summed E-state index contributed by atoms with van der Waals surface area (Å²) in [5, 5.41) is 4.43. The molecule has 84 valence electrons. The standard InChI is InChI=1S/C12H18BrNS/c1-10-12(13)3-2-6-14(10)7-4-11-5-8-15-9-11/h5,8-10,12H,2-4,6-7H2,1H3. The highest BCUT2D eigenvalue weighted by Gasteiger charge is 2.25. The molecule has 0 N–H and O–H groups in total.